The molecule has 24 heavy (non-hydrogen) atoms. The molecule has 0 atom stereocenters. The van der Waals surface area contributed by atoms with Crippen LogP contribution in [0.4, 0.5) is 4.39 Å². The average molecular weight is 324 g/mol. The van der Waals surface area contributed by atoms with E-state index in [2.05, 4.69) is 10.5 Å². The Morgan fingerprint density at radius 3 is 2.62 bits per heavy atom. The summed E-state index contributed by atoms with van der Waals surface area (Å²) in [5.41, 5.74) is 3.83. The van der Waals surface area contributed by atoms with Crippen molar-refractivity contribution in [2.24, 2.45) is 0 Å². The molecular formula is C19H17FN2O2. The molecule has 3 aromatic rings. The summed E-state index contributed by atoms with van der Waals surface area (Å²) in [6.07, 6.45) is 0. The molecule has 1 amide bonds. The van der Waals surface area contributed by atoms with Gasteiger partial charge in [-0.2, -0.15) is 0 Å². The maximum absolute atomic E-state index is 13.3. The molecule has 1 aromatic heterocycles. The first kappa shape index (κ1) is 15.9. The Morgan fingerprint density at radius 2 is 1.88 bits per heavy atom. The van der Waals surface area contributed by atoms with E-state index in [1.165, 1.54) is 12.1 Å². The molecule has 0 radical (unpaired) electrons. The Balaban J connectivity index is 1.70. The van der Waals surface area contributed by atoms with Gasteiger partial charge in [0.1, 0.15) is 5.82 Å². The Hall–Kier alpha value is -2.95. The molecule has 1 N–H and O–H groups in total. The summed E-state index contributed by atoms with van der Waals surface area (Å²) in [5, 5.41) is 6.54. The molecule has 5 heteroatoms. The maximum Gasteiger partial charge on any atom is 0.273 e. The summed E-state index contributed by atoms with van der Waals surface area (Å²) >= 11 is 0. The number of rotatable bonds is 4. The minimum Gasteiger partial charge on any atom is -0.355 e. The summed E-state index contributed by atoms with van der Waals surface area (Å²) in [5.74, 6) is -0.157. The molecule has 0 aliphatic rings. The van der Waals surface area contributed by atoms with Crippen LogP contribution in [0.5, 0.6) is 0 Å². The molecule has 0 unspecified atom stereocenters. The van der Waals surface area contributed by atoms with Crippen molar-refractivity contribution in [2.75, 3.05) is 0 Å². The molecular weight excluding hydrogens is 307 g/mol. The highest BCUT2D eigenvalue weighted by Gasteiger charge is 2.14. The van der Waals surface area contributed by atoms with E-state index in [1.807, 2.05) is 38.1 Å². The number of carbonyl (C=O) groups is 1. The van der Waals surface area contributed by atoms with E-state index in [0.717, 1.165) is 22.3 Å². The molecule has 0 saturated carbocycles. The highest BCUT2D eigenvalue weighted by Crippen LogP contribution is 2.20. The van der Waals surface area contributed by atoms with Crippen LogP contribution in [0.2, 0.25) is 0 Å². The van der Waals surface area contributed by atoms with Gasteiger partial charge in [0.05, 0.1) is 0 Å². The molecule has 0 aliphatic carbocycles. The van der Waals surface area contributed by atoms with Crippen LogP contribution in [0.25, 0.3) is 11.3 Å². The lowest BCUT2D eigenvalue weighted by molar-refractivity contribution is 0.0942. The zero-order valence-corrected chi connectivity index (χ0v) is 13.5. The number of amides is 1. The van der Waals surface area contributed by atoms with E-state index < -0.39 is 0 Å². The number of carbonyl (C=O) groups excluding carboxylic acids is 1. The number of aryl methyl sites for hydroxylation is 2. The molecule has 0 bridgehead atoms. The molecule has 0 fully saturated rings. The lowest BCUT2D eigenvalue weighted by Crippen LogP contribution is -2.23. The third-order valence-electron chi connectivity index (χ3n) is 3.83. The normalized spacial score (nSPS) is 10.6. The number of nitrogens with zero attached hydrogens (tertiary/aromatic N) is 1. The van der Waals surface area contributed by atoms with Gasteiger partial charge in [-0.15, -0.1) is 0 Å². The second-order valence-corrected chi connectivity index (χ2v) is 5.70. The Labute approximate surface area is 139 Å². The van der Waals surface area contributed by atoms with Crippen molar-refractivity contribution in [1.29, 1.82) is 0 Å². The van der Waals surface area contributed by atoms with Crippen molar-refractivity contribution in [2.45, 2.75) is 20.4 Å². The minimum atomic E-state index is -0.360. The van der Waals surface area contributed by atoms with Gasteiger partial charge in [-0.3, -0.25) is 4.79 Å². The lowest BCUT2D eigenvalue weighted by Gasteiger charge is -2.06. The largest absolute Gasteiger partial charge is 0.355 e. The number of halogens is 1. The molecule has 1 heterocycles. The third-order valence-corrected chi connectivity index (χ3v) is 3.83. The summed E-state index contributed by atoms with van der Waals surface area (Å²) in [4.78, 5) is 12.2. The quantitative estimate of drug-likeness (QED) is 0.788. The fraction of sp³-hybridized carbons (Fsp3) is 0.158. The average Bonchev–Trinajstić information content (AvgIpc) is 3.06. The molecule has 4 nitrogen and oxygen atoms in total. The first-order chi connectivity index (χ1) is 11.5. The number of nitrogens with one attached hydrogen (secondary N) is 1. The molecule has 122 valence electrons. The van der Waals surface area contributed by atoms with E-state index in [1.54, 1.807) is 12.1 Å². The highest BCUT2D eigenvalue weighted by atomic mass is 19.1. The first-order valence-corrected chi connectivity index (χ1v) is 7.60. The second-order valence-electron chi connectivity index (χ2n) is 5.70. The number of benzene rings is 2. The fourth-order valence-corrected chi connectivity index (χ4v) is 2.33. The van der Waals surface area contributed by atoms with Crippen LogP contribution in [0, 0.1) is 19.7 Å². The van der Waals surface area contributed by atoms with E-state index in [0.29, 0.717) is 5.76 Å². The minimum absolute atomic E-state index is 0.194. The highest BCUT2D eigenvalue weighted by molar-refractivity contribution is 5.93. The van der Waals surface area contributed by atoms with E-state index in [9.17, 15) is 9.18 Å². The topological polar surface area (TPSA) is 55.1 Å². The first-order valence-electron chi connectivity index (χ1n) is 7.60. The van der Waals surface area contributed by atoms with E-state index >= 15 is 0 Å². The van der Waals surface area contributed by atoms with Crippen LogP contribution < -0.4 is 5.32 Å². The van der Waals surface area contributed by atoms with Crippen LogP contribution in [0.3, 0.4) is 0 Å². The van der Waals surface area contributed by atoms with Gasteiger partial charge in [0.15, 0.2) is 11.5 Å². The van der Waals surface area contributed by atoms with Crippen molar-refractivity contribution in [1.82, 2.24) is 10.5 Å². The summed E-state index contributed by atoms with van der Waals surface area (Å²) < 4.78 is 18.5. The van der Waals surface area contributed by atoms with E-state index in [4.69, 9.17) is 4.52 Å². The number of hydrogen-bond acceptors (Lipinski definition) is 3. The SMILES string of the molecule is Cc1ccc(-c2cc(C(=O)NCc3cc(F)ccc3C)no2)cc1. The van der Waals surface area contributed by atoms with Gasteiger partial charge in [-0.1, -0.05) is 41.1 Å². The molecule has 3 rings (SSSR count). The van der Waals surface area contributed by atoms with E-state index in [-0.39, 0.29) is 24.0 Å². The number of aromatic nitrogens is 1. The van der Waals surface area contributed by atoms with Gasteiger partial charge >= 0.3 is 0 Å². The van der Waals surface area contributed by atoms with Crippen LogP contribution >= 0.6 is 0 Å². The second kappa shape index (κ2) is 6.66. The predicted molar refractivity (Wildman–Crippen MR) is 89.0 cm³/mol. The summed E-state index contributed by atoms with van der Waals surface area (Å²) in [6.45, 7) is 4.10. The number of hydrogen-bond donors (Lipinski definition) is 1. The van der Waals surface area contributed by atoms with Crippen molar-refractivity contribution in [3.63, 3.8) is 0 Å². The zero-order valence-electron chi connectivity index (χ0n) is 13.5. The van der Waals surface area contributed by atoms with Crippen molar-refractivity contribution >= 4 is 5.91 Å². The monoisotopic (exact) mass is 324 g/mol. The van der Waals surface area contributed by atoms with Gasteiger partial charge in [0.25, 0.3) is 5.91 Å². The molecule has 2 aromatic carbocycles. The van der Waals surface area contributed by atoms with Gasteiger partial charge < -0.3 is 9.84 Å². The van der Waals surface area contributed by atoms with Crippen molar-refractivity contribution in [3.8, 4) is 11.3 Å². The van der Waals surface area contributed by atoms with Gasteiger partial charge in [0.2, 0.25) is 0 Å². The Morgan fingerprint density at radius 1 is 1.12 bits per heavy atom. The predicted octanol–water partition coefficient (Wildman–Crippen LogP) is 4.03. The molecule has 0 aliphatic heterocycles. The smallest absolute Gasteiger partial charge is 0.273 e. The Bertz CT molecular complexity index is 869. The van der Waals surface area contributed by atoms with Crippen LogP contribution in [-0.2, 0) is 6.54 Å². The summed E-state index contributed by atoms with van der Waals surface area (Å²) in [6, 6.07) is 13.8. The van der Waals surface area contributed by atoms with Crippen LogP contribution in [0.15, 0.2) is 53.1 Å². The third kappa shape index (κ3) is 3.51. The maximum atomic E-state index is 13.3. The fourth-order valence-electron chi connectivity index (χ4n) is 2.33. The molecule has 0 saturated heterocycles. The van der Waals surface area contributed by atoms with Gasteiger partial charge in [0, 0.05) is 18.2 Å². The molecule has 0 spiro atoms. The lowest BCUT2D eigenvalue weighted by atomic mass is 10.1. The summed E-state index contributed by atoms with van der Waals surface area (Å²) in [7, 11) is 0. The Kier molecular flexibility index (Phi) is 4.42. The van der Waals surface area contributed by atoms with Crippen LogP contribution in [-0.4, -0.2) is 11.1 Å². The van der Waals surface area contributed by atoms with Crippen molar-refractivity contribution in [3.05, 3.63) is 76.7 Å². The standard InChI is InChI=1S/C19H17FN2O2/c1-12-3-6-14(7-4-12)18-10-17(22-24-18)19(23)21-11-15-9-16(20)8-5-13(15)2/h3-10H,11H2,1-2H3,(H,21,23). The van der Waals surface area contributed by atoms with Gasteiger partial charge in [-0.25, -0.2) is 4.39 Å². The van der Waals surface area contributed by atoms with Gasteiger partial charge in [-0.05, 0) is 37.1 Å². The van der Waals surface area contributed by atoms with Crippen LogP contribution in [0.1, 0.15) is 27.2 Å². The van der Waals surface area contributed by atoms with Crippen molar-refractivity contribution < 1.29 is 13.7 Å². The zero-order chi connectivity index (χ0) is 17.1.